The highest BCUT2D eigenvalue weighted by atomic mass is 32.2. The third-order valence-corrected chi connectivity index (χ3v) is 5.01. The molecule has 2 aromatic carbocycles. The van der Waals surface area contributed by atoms with Crippen LogP contribution in [0.5, 0.6) is 0 Å². The fourth-order valence-corrected chi connectivity index (χ4v) is 3.42. The Morgan fingerprint density at radius 3 is 2.17 bits per heavy atom. The van der Waals surface area contributed by atoms with Gasteiger partial charge in [0.2, 0.25) is 0 Å². The Kier molecular flexibility index (Phi) is 4.11. The maximum absolute atomic E-state index is 12.4. The molecular weight excluding hydrogens is 326 g/mol. The average Bonchev–Trinajstić information content (AvgIpc) is 2.87. The molecule has 6 nitrogen and oxygen atoms in total. The SMILES string of the molecule is CC1=NN(c2ccc(NS(=O)(=O)c3ccc(C)cc3)cc2)C(=O)C1. The van der Waals surface area contributed by atoms with Gasteiger partial charge in [0.05, 0.1) is 17.0 Å². The molecule has 0 aromatic heterocycles. The smallest absolute Gasteiger partial charge is 0.261 e. The van der Waals surface area contributed by atoms with E-state index in [1.54, 1.807) is 55.5 Å². The van der Waals surface area contributed by atoms with Crippen LogP contribution in [-0.2, 0) is 14.8 Å². The Balaban J connectivity index is 1.79. The molecule has 1 amide bonds. The van der Waals surface area contributed by atoms with E-state index in [0.29, 0.717) is 17.8 Å². The summed E-state index contributed by atoms with van der Waals surface area (Å²) < 4.78 is 27.2. The predicted molar refractivity (Wildman–Crippen MR) is 93.6 cm³/mol. The zero-order valence-electron chi connectivity index (χ0n) is 13.4. The third kappa shape index (κ3) is 3.30. The van der Waals surface area contributed by atoms with Gasteiger partial charge >= 0.3 is 0 Å². The zero-order valence-corrected chi connectivity index (χ0v) is 14.2. The van der Waals surface area contributed by atoms with Gasteiger partial charge in [0, 0.05) is 11.4 Å². The molecule has 0 radical (unpaired) electrons. The first kappa shape index (κ1) is 16.2. The quantitative estimate of drug-likeness (QED) is 0.927. The van der Waals surface area contributed by atoms with E-state index < -0.39 is 10.0 Å². The third-order valence-electron chi connectivity index (χ3n) is 3.61. The maximum Gasteiger partial charge on any atom is 0.261 e. The van der Waals surface area contributed by atoms with Crippen molar-refractivity contribution in [2.24, 2.45) is 5.10 Å². The number of amides is 1. The Hall–Kier alpha value is -2.67. The molecule has 1 aliphatic heterocycles. The number of carbonyl (C=O) groups is 1. The van der Waals surface area contributed by atoms with Crippen LogP contribution < -0.4 is 9.73 Å². The molecule has 0 spiro atoms. The van der Waals surface area contributed by atoms with Gasteiger partial charge in [-0.15, -0.1) is 0 Å². The van der Waals surface area contributed by atoms with Crippen molar-refractivity contribution in [3.05, 3.63) is 54.1 Å². The van der Waals surface area contributed by atoms with Gasteiger partial charge in [-0.25, -0.2) is 13.4 Å². The molecule has 2 aromatic rings. The second-order valence-corrected chi connectivity index (χ2v) is 7.37. The maximum atomic E-state index is 12.4. The fourth-order valence-electron chi connectivity index (χ4n) is 2.36. The predicted octanol–water partition coefficient (Wildman–Crippen LogP) is 2.91. The van der Waals surface area contributed by atoms with Crippen LogP contribution in [0.3, 0.4) is 0 Å². The van der Waals surface area contributed by atoms with E-state index in [2.05, 4.69) is 9.82 Å². The number of nitrogens with one attached hydrogen (secondary N) is 1. The van der Waals surface area contributed by atoms with Gasteiger partial charge in [-0.3, -0.25) is 9.52 Å². The van der Waals surface area contributed by atoms with Crippen molar-refractivity contribution in [2.45, 2.75) is 25.2 Å². The summed E-state index contributed by atoms with van der Waals surface area (Å²) in [5.74, 6) is -0.0968. The highest BCUT2D eigenvalue weighted by Gasteiger charge is 2.22. The summed E-state index contributed by atoms with van der Waals surface area (Å²) in [6.07, 6.45) is 0.307. The average molecular weight is 343 g/mol. The summed E-state index contributed by atoms with van der Waals surface area (Å²) in [5, 5.41) is 5.49. The van der Waals surface area contributed by atoms with Crippen molar-refractivity contribution in [3.63, 3.8) is 0 Å². The van der Waals surface area contributed by atoms with Crippen molar-refractivity contribution in [1.82, 2.24) is 0 Å². The lowest BCUT2D eigenvalue weighted by molar-refractivity contribution is -0.116. The molecule has 0 saturated carbocycles. The van der Waals surface area contributed by atoms with E-state index in [-0.39, 0.29) is 10.8 Å². The molecule has 0 saturated heterocycles. The van der Waals surface area contributed by atoms with Crippen LogP contribution >= 0.6 is 0 Å². The number of rotatable bonds is 4. The van der Waals surface area contributed by atoms with E-state index in [1.165, 1.54) is 5.01 Å². The Labute approximate surface area is 140 Å². The largest absolute Gasteiger partial charge is 0.280 e. The number of anilines is 2. The van der Waals surface area contributed by atoms with Crippen molar-refractivity contribution in [3.8, 4) is 0 Å². The van der Waals surface area contributed by atoms with Gasteiger partial charge in [-0.05, 0) is 50.2 Å². The number of hydrogen-bond donors (Lipinski definition) is 1. The molecule has 24 heavy (non-hydrogen) atoms. The van der Waals surface area contributed by atoms with E-state index in [0.717, 1.165) is 11.3 Å². The number of hydrogen-bond acceptors (Lipinski definition) is 4. The molecule has 0 aliphatic carbocycles. The molecule has 0 fully saturated rings. The van der Waals surface area contributed by atoms with E-state index in [1.807, 2.05) is 6.92 Å². The highest BCUT2D eigenvalue weighted by Crippen LogP contribution is 2.24. The molecule has 0 atom stereocenters. The lowest BCUT2D eigenvalue weighted by Crippen LogP contribution is -2.19. The van der Waals surface area contributed by atoms with Crippen LogP contribution in [-0.4, -0.2) is 20.0 Å². The first-order valence-electron chi connectivity index (χ1n) is 7.42. The van der Waals surface area contributed by atoms with Gasteiger partial charge in [0.25, 0.3) is 15.9 Å². The summed E-state index contributed by atoms with van der Waals surface area (Å²) in [4.78, 5) is 12.0. The van der Waals surface area contributed by atoms with E-state index in [4.69, 9.17) is 0 Å². The van der Waals surface area contributed by atoms with Crippen LogP contribution in [0.15, 0.2) is 58.5 Å². The summed E-state index contributed by atoms with van der Waals surface area (Å²) in [6.45, 7) is 3.69. The van der Waals surface area contributed by atoms with Crippen molar-refractivity contribution in [1.29, 1.82) is 0 Å². The molecule has 3 rings (SSSR count). The standard InChI is InChI=1S/C17H17N3O3S/c1-12-3-9-16(10-4-12)24(22,23)19-14-5-7-15(8-6-14)20-17(21)11-13(2)18-20/h3-10,19H,11H2,1-2H3. The molecule has 1 aliphatic rings. The zero-order chi connectivity index (χ0) is 17.3. The van der Waals surface area contributed by atoms with Crippen molar-refractivity contribution < 1.29 is 13.2 Å². The summed E-state index contributed by atoms with van der Waals surface area (Å²) in [7, 11) is -3.64. The molecular formula is C17H17N3O3S. The Morgan fingerprint density at radius 2 is 1.62 bits per heavy atom. The minimum absolute atomic E-state index is 0.0968. The number of sulfonamides is 1. The second-order valence-electron chi connectivity index (χ2n) is 5.68. The first-order valence-corrected chi connectivity index (χ1v) is 8.90. The van der Waals surface area contributed by atoms with Gasteiger partial charge in [-0.1, -0.05) is 17.7 Å². The van der Waals surface area contributed by atoms with E-state index >= 15 is 0 Å². The van der Waals surface area contributed by atoms with Gasteiger partial charge in [0.15, 0.2) is 0 Å². The Morgan fingerprint density at radius 1 is 1.00 bits per heavy atom. The topological polar surface area (TPSA) is 78.8 Å². The number of benzene rings is 2. The second kappa shape index (κ2) is 6.09. The van der Waals surface area contributed by atoms with Gasteiger partial charge < -0.3 is 0 Å². The first-order chi connectivity index (χ1) is 11.3. The van der Waals surface area contributed by atoms with Crippen LogP contribution in [0.1, 0.15) is 18.9 Å². The lowest BCUT2D eigenvalue weighted by Gasteiger charge is -2.13. The highest BCUT2D eigenvalue weighted by molar-refractivity contribution is 7.92. The normalized spacial score (nSPS) is 14.7. The van der Waals surface area contributed by atoms with Crippen LogP contribution in [0.25, 0.3) is 0 Å². The number of aryl methyl sites for hydroxylation is 1. The minimum atomic E-state index is -3.64. The Bertz CT molecular complexity index is 901. The molecule has 0 bridgehead atoms. The van der Waals surface area contributed by atoms with E-state index in [9.17, 15) is 13.2 Å². The molecule has 7 heteroatoms. The van der Waals surface area contributed by atoms with Crippen LogP contribution in [0, 0.1) is 6.92 Å². The van der Waals surface area contributed by atoms with Gasteiger partial charge in [-0.2, -0.15) is 5.10 Å². The molecule has 1 heterocycles. The number of nitrogens with zero attached hydrogens (tertiary/aromatic N) is 2. The van der Waals surface area contributed by atoms with Crippen molar-refractivity contribution in [2.75, 3.05) is 9.73 Å². The fraction of sp³-hybridized carbons (Fsp3) is 0.176. The monoisotopic (exact) mass is 343 g/mol. The molecule has 124 valence electrons. The number of carbonyl (C=O) groups excluding carboxylic acids is 1. The number of hydrazone groups is 1. The minimum Gasteiger partial charge on any atom is -0.280 e. The lowest BCUT2D eigenvalue weighted by atomic mass is 10.2. The summed E-state index contributed by atoms with van der Waals surface area (Å²) in [6, 6.07) is 13.2. The van der Waals surface area contributed by atoms with Gasteiger partial charge in [0.1, 0.15) is 0 Å². The molecule has 1 N–H and O–H groups in total. The van der Waals surface area contributed by atoms with Crippen LogP contribution in [0.4, 0.5) is 11.4 Å². The van der Waals surface area contributed by atoms with Crippen molar-refractivity contribution >= 4 is 33.0 Å². The summed E-state index contributed by atoms with van der Waals surface area (Å²) in [5.41, 5.74) is 2.77. The molecule has 0 unspecified atom stereocenters. The van der Waals surface area contributed by atoms with Crippen LogP contribution in [0.2, 0.25) is 0 Å². The summed E-state index contributed by atoms with van der Waals surface area (Å²) >= 11 is 0.